The first-order chi connectivity index (χ1) is 17.2. The van der Waals surface area contributed by atoms with E-state index in [1.165, 1.54) is 87.3 Å². The average Bonchev–Trinajstić information content (AvgIpc) is 2.89. The first-order valence-electron chi connectivity index (χ1n) is 14.1. The zero-order valence-corrected chi connectivity index (χ0v) is 22.0. The Morgan fingerprint density at radius 3 is 1.57 bits per heavy atom. The molecular weight excluding hydrogens is 429 g/mol. The van der Waals surface area contributed by atoms with Gasteiger partial charge in [-0.2, -0.15) is 4.39 Å². The van der Waals surface area contributed by atoms with Crippen molar-refractivity contribution in [2.24, 2.45) is 0 Å². The first kappa shape index (κ1) is 27.1. The maximum Gasteiger partial charge on any atom is 0.216 e. The molecule has 1 nitrogen and oxygen atoms in total. The molecule has 3 rings (SSSR count). The average molecular weight is 474 g/mol. The van der Waals surface area contributed by atoms with Crippen LogP contribution in [0.15, 0.2) is 60.7 Å². The normalized spacial score (nSPS) is 11.2. The summed E-state index contributed by atoms with van der Waals surface area (Å²) in [6, 6.07) is 21.2. The van der Waals surface area contributed by atoms with Crippen molar-refractivity contribution in [1.29, 1.82) is 0 Å². The van der Waals surface area contributed by atoms with Gasteiger partial charge in [0.2, 0.25) is 5.95 Å². The van der Waals surface area contributed by atoms with Crippen LogP contribution in [0.1, 0.15) is 102 Å². The molecule has 188 valence electrons. The SMILES string of the molecule is CCCCCCCCCc1ccc(-c2ccc(-c3ccc(CCCCCCC)c(F)n3)cc2)cc1. The predicted octanol–water partition coefficient (Wildman–Crippen LogP) is 10.4. The van der Waals surface area contributed by atoms with Crippen LogP contribution in [-0.2, 0) is 12.8 Å². The van der Waals surface area contributed by atoms with Crippen molar-refractivity contribution in [3.63, 3.8) is 0 Å². The molecule has 3 aromatic rings. The lowest BCUT2D eigenvalue weighted by molar-refractivity contribution is 0.556. The zero-order chi connectivity index (χ0) is 24.7. The summed E-state index contributed by atoms with van der Waals surface area (Å²) >= 11 is 0. The fourth-order valence-corrected chi connectivity index (χ4v) is 4.71. The quantitative estimate of drug-likeness (QED) is 0.149. The van der Waals surface area contributed by atoms with E-state index in [0.29, 0.717) is 5.69 Å². The molecule has 2 heteroatoms. The van der Waals surface area contributed by atoms with Crippen LogP contribution in [-0.4, -0.2) is 4.98 Å². The molecule has 0 amide bonds. The molecule has 0 radical (unpaired) electrons. The van der Waals surface area contributed by atoms with Gasteiger partial charge in [0.15, 0.2) is 0 Å². The topological polar surface area (TPSA) is 12.9 Å². The lowest BCUT2D eigenvalue weighted by atomic mass is 9.99. The minimum atomic E-state index is -0.321. The standard InChI is InChI=1S/C33H44FN/c1-3-5-7-9-10-12-13-15-27-17-19-28(20-18-27)29-21-23-30(24-22-29)32-26-25-31(33(34)35-32)16-14-11-8-6-4-2/h17-26H,3-16H2,1-2H3. The van der Waals surface area contributed by atoms with Crippen molar-refractivity contribution in [3.05, 3.63) is 77.7 Å². The summed E-state index contributed by atoms with van der Waals surface area (Å²) in [5, 5.41) is 0. The number of halogens is 1. The van der Waals surface area contributed by atoms with Gasteiger partial charge in [-0.3, -0.25) is 0 Å². The van der Waals surface area contributed by atoms with Gasteiger partial charge in [-0.1, -0.05) is 133 Å². The molecule has 0 bridgehead atoms. The van der Waals surface area contributed by atoms with Crippen LogP contribution in [0.25, 0.3) is 22.4 Å². The van der Waals surface area contributed by atoms with Crippen LogP contribution in [0.2, 0.25) is 0 Å². The van der Waals surface area contributed by atoms with E-state index >= 15 is 0 Å². The number of pyridine rings is 1. The van der Waals surface area contributed by atoms with Crippen LogP contribution >= 0.6 is 0 Å². The molecule has 0 saturated carbocycles. The number of nitrogens with zero attached hydrogens (tertiary/aromatic N) is 1. The van der Waals surface area contributed by atoms with E-state index in [-0.39, 0.29) is 5.95 Å². The highest BCUT2D eigenvalue weighted by Gasteiger charge is 2.08. The van der Waals surface area contributed by atoms with Crippen molar-refractivity contribution < 1.29 is 4.39 Å². The third-order valence-corrected chi connectivity index (χ3v) is 7.01. The second-order valence-corrected chi connectivity index (χ2v) is 9.96. The lowest BCUT2D eigenvalue weighted by Crippen LogP contribution is -1.96. The number of hydrogen-bond donors (Lipinski definition) is 0. The van der Waals surface area contributed by atoms with E-state index in [1.54, 1.807) is 0 Å². The molecule has 2 aromatic carbocycles. The highest BCUT2D eigenvalue weighted by Crippen LogP contribution is 2.25. The van der Waals surface area contributed by atoms with Crippen molar-refractivity contribution in [1.82, 2.24) is 4.98 Å². The summed E-state index contributed by atoms with van der Waals surface area (Å²) in [5.41, 5.74) is 6.21. The Kier molecular flexibility index (Phi) is 12.0. The van der Waals surface area contributed by atoms with Crippen molar-refractivity contribution in [2.45, 2.75) is 104 Å². The predicted molar refractivity (Wildman–Crippen MR) is 149 cm³/mol. The lowest BCUT2D eigenvalue weighted by Gasteiger charge is -2.08. The number of hydrogen-bond acceptors (Lipinski definition) is 1. The van der Waals surface area contributed by atoms with Gasteiger partial charge in [0.1, 0.15) is 0 Å². The Labute approximate surface area is 213 Å². The summed E-state index contributed by atoms with van der Waals surface area (Å²) in [7, 11) is 0. The molecule has 0 fully saturated rings. The van der Waals surface area contributed by atoms with Gasteiger partial charge in [0.25, 0.3) is 0 Å². The van der Waals surface area contributed by atoms with Crippen molar-refractivity contribution in [2.75, 3.05) is 0 Å². The maximum absolute atomic E-state index is 14.6. The summed E-state index contributed by atoms with van der Waals surface area (Å²) in [4.78, 5) is 4.26. The summed E-state index contributed by atoms with van der Waals surface area (Å²) in [6.07, 6.45) is 17.3. The Morgan fingerprint density at radius 2 is 1.00 bits per heavy atom. The van der Waals surface area contributed by atoms with E-state index in [9.17, 15) is 4.39 Å². The third-order valence-electron chi connectivity index (χ3n) is 7.01. The molecule has 0 N–H and O–H groups in total. The van der Waals surface area contributed by atoms with Gasteiger partial charge in [-0.15, -0.1) is 0 Å². The van der Waals surface area contributed by atoms with E-state index in [0.717, 1.165) is 30.4 Å². The second-order valence-electron chi connectivity index (χ2n) is 9.96. The highest BCUT2D eigenvalue weighted by molar-refractivity contribution is 5.69. The first-order valence-corrected chi connectivity index (χ1v) is 14.1. The number of rotatable bonds is 16. The van der Waals surface area contributed by atoms with Crippen LogP contribution in [0.5, 0.6) is 0 Å². The second kappa shape index (κ2) is 15.5. The molecule has 0 atom stereocenters. The third kappa shape index (κ3) is 9.24. The zero-order valence-electron chi connectivity index (χ0n) is 22.0. The fraction of sp³-hybridized carbons (Fsp3) is 0.485. The Balaban J connectivity index is 1.50. The van der Waals surface area contributed by atoms with Gasteiger partial charge in [-0.05, 0) is 48.4 Å². The minimum absolute atomic E-state index is 0.321. The molecule has 0 aliphatic carbocycles. The molecule has 0 unspecified atom stereocenters. The van der Waals surface area contributed by atoms with Gasteiger partial charge in [-0.25, -0.2) is 4.98 Å². The molecular formula is C33H44FN. The molecule has 35 heavy (non-hydrogen) atoms. The van der Waals surface area contributed by atoms with E-state index in [4.69, 9.17) is 0 Å². The van der Waals surface area contributed by atoms with Gasteiger partial charge in [0, 0.05) is 11.1 Å². The number of aromatic nitrogens is 1. The smallest absolute Gasteiger partial charge is 0.216 e. The number of aryl methyl sites for hydroxylation is 2. The number of benzene rings is 2. The van der Waals surface area contributed by atoms with Crippen molar-refractivity contribution >= 4 is 0 Å². The highest BCUT2D eigenvalue weighted by atomic mass is 19.1. The summed E-state index contributed by atoms with van der Waals surface area (Å²) in [5.74, 6) is -0.321. The maximum atomic E-state index is 14.6. The van der Waals surface area contributed by atoms with E-state index in [2.05, 4.69) is 55.2 Å². The van der Waals surface area contributed by atoms with Gasteiger partial charge in [0.05, 0.1) is 5.69 Å². The molecule has 0 aliphatic heterocycles. The molecule has 1 heterocycles. The van der Waals surface area contributed by atoms with Crippen LogP contribution < -0.4 is 0 Å². The van der Waals surface area contributed by atoms with Gasteiger partial charge < -0.3 is 0 Å². The Morgan fingerprint density at radius 1 is 0.514 bits per heavy atom. The fourth-order valence-electron chi connectivity index (χ4n) is 4.71. The molecule has 0 saturated heterocycles. The van der Waals surface area contributed by atoms with Crippen LogP contribution in [0.4, 0.5) is 4.39 Å². The van der Waals surface area contributed by atoms with E-state index in [1.807, 2.05) is 24.3 Å². The summed E-state index contributed by atoms with van der Waals surface area (Å²) < 4.78 is 14.6. The Bertz CT molecular complexity index is 975. The van der Waals surface area contributed by atoms with Crippen LogP contribution in [0.3, 0.4) is 0 Å². The largest absolute Gasteiger partial charge is 0.219 e. The van der Waals surface area contributed by atoms with E-state index < -0.39 is 0 Å². The molecule has 0 aliphatic rings. The van der Waals surface area contributed by atoms with Crippen LogP contribution in [0, 0.1) is 5.95 Å². The van der Waals surface area contributed by atoms with Gasteiger partial charge >= 0.3 is 0 Å². The summed E-state index contributed by atoms with van der Waals surface area (Å²) in [6.45, 7) is 4.48. The minimum Gasteiger partial charge on any atom is -0.219 e. The monoisotopic (exact) mass is 473 g/mol. The molecule has 0 spiro atoms. The van der Waals surface area contributed by atoms with Crippen molar-refractivity contribution in [3.8, 4) is 22.4 Å². The number of unbranched alkanes of at least 4 members (excludes halogenated alkanes) is 10. The molecule has 1 aromatic heterocycles. The Hall–Kier alpha value is -2.48.